The fraction of sp³-hybridized carbons (Fsp3) is 0.742. The van der Waals surface area contributed by atoms with Crippen LogP contribution in [0.5, 0.6) is 0 Å². The predicted octanol–water partition coefficient (Wildman–Crippen LogP) is 4.72. The molecular formula is C31H56N6O4. The summed E-state index contributed by atoms with van der Waals surface area (Å²) in [5.41, 5.74) is 6.94. The zero-order valence-corrected chi connectivity index (χ0v) is 25.4. The molecule has 0 radical (unpaired) electrons. The van der Waals surface area contributed by atoms with Crippen LogP contribution in [-0.4, -0.2) is 58.0 Å². The van der Waals surface area contributed by atoms with Crippen molar-refractivity contribution in [3.63, 3.8) is 0 Å². The molecule has 0 saturated carbocycles. The maximum absolute atomic E-state index is 13.0. The highest BCUT2D eigenvalue weighted by atomic mass is 16.4. The van der Waals surface area contributed by atoms with Crippen LogP contribution in [0, 0.1) is 0 Å². The Kier molecular flexibility index (Phi) is 21.0. The van der Waals surface area contributed by atoms with Crippen LogP contribution >= 0.6 is 0 Å². The van der Waals surface area contributed by atoms with Gasteiger partial charge in [-0.25, -0.2) is 9.78 Å². The summed E-state index contributed by atoms with van der Waals surface area (Å²) in [6.07, 6.45) is 22.4. The number of unbranched alkanes of at least 4 members (excludes halogenated alkanes) is 13. The zero-order chi connectivity index (χ0) is 30.1. The van der Waals surface area contributed by atoms with Crippen molar-refractivity contribution in [3.8, 4) is 0 Å². The number of aliphatic carboxylic acids is 1. The van der Waals surface area contributed by atoms with Gasteiger partial charge in [0.05, 0.1) is 12.9 Å². The highest BCUT2D eigenvalue weighted by molar-refractivity contribution is 5.91. The fourth-order valence-corrected chi connectivity index (χ4v) is 4.74. The molecule has 0 bridgehead atoms. The zero-order valence-electron chi connectivity index (χ0n) is 25.4. The van der Waals surface area contributed by atoms with Gasteiger partial charge in [0.15, 0.2) is 0 Å². The van der Waals surface area contributed by atoms with Crippen molar-refractivity contribution in [3.05, 3.63) is 30.5 Å². The molecule has 41 heavy (non-hydrogen) atoms. The Bertz CT molecular complexity index is 846. The van der Waals surface area contributed by atoms with Gasteiger partial charge in [-0.2, -0.15) is 0 Å². The molecule has 10 heteroatoms. The van der Waals surface area contributed by atoms with Crippen LogP contribution < -0.4 is 21.7 Å². The Morgan fingerprint density at radius 1 is 0.902 bits per heavy atom. The summed E-state index contributed by atoms with van der Waals surface area (Å²) in [4.78, 5) is 44.1. The molecule has 234 valence electrons. The number of H-pyrrole nitrogens is 1. The van der Waals surface area contributed by atoms with Crippen LogP contribution in [0.25, 0.3) is 0 Å². The number of hydrogen-bond donors (Lipinski definition) is 6. The second kappa shape index (κ2) is 23.8. The molecule has 0 aliphatic carbocycles. The van der Waals surface area contributed by atoms with Gasteiger partial charge >= 0.3 is 5.97 Å². The quantitative estimate of drug-likeness (QED) is 0.0826. The molecule has 0 aromatic carbocycles. The predicted molar refractivity (Wildman–Crippen MR) is 164 cm³/mol. The van der Waals surface area contributed by atoms with E-state index in [1.54, 1.807) is 6.20 Å². The topological polar surface area (TPSA) is 162 Å². The monoisotopic (exact) mass is 576 g/mol. The van der Waals surface area contributed by atoms with Gasteiger partial charge in [0.1, 0.15) is 12.1 Å². The lowest BCUT2D eigenvalue weighted by atomic mass is 10.0. The summed E-state index contributed by atoms with van der Waals surface area (Å²) in [5, 5.41) is 17.9. The molecule has 7 N–H and O–H groups in total. The van der Waals surface area contributed by atoms with Gasteiger partial charge in [-0.3, -0.25) is 9.59 Å². The minimum atomic E-state index is -1.12. The third-order valence-electron chi connectivity index (χ3n) is 7.27. The second-order valence-electron chi connectivity index (χ2n) is 11.0. The molecule has 10 nitrogen and oxygen atoms in total. The van der Waals surface area contributed by atoms with E-state index in [9.17, 15) is 19.5 Å². The summed E-state index contributed by atoms with van der Waals surface area (Å²) in [5.74, 6) is -2.04. The number of nitrogens with one attached hydrogen (secondary N) is 4. The van der Waals surface area contributed by atoms with Gasteiger partial charge in [0, 0.05) is 24.0 Å². The van der Waals surface area contributed by atoms with Crippen molar-refractivity contribution in [1.82, 2.24) is 25.9 Å². The number of aromatic amines is 1. The Morgan fingerprint density at radius 2 is 1.51 bits per heavy atom. The molecule has 0 spiro atoms. The van der Waals surface area contributed by atoms with Gasteiger partial charge in [-0.15, -0.1) is 0 Å². The van der Waals surface area contributed by atoms with Crippen LogP contribution in [0.2, 0.25) is 0 Å². The molecule has 0 unspecified atom stereocenters. The second-order valence-corrected chi connectivity index (χ2v) is 11.0. The minimum Gasteiger partial charge on any atom is -0.480 e. The summed E-state index contributed by atoms with van der Waals surface area (Å²) in [6, 6.07) is -2.00. The molecule has 1 heterocycles. The van der Waals surface area contributed by atoms with Crippen LogP contribution in [0.4, 0.5) is 0 Å². The van der Waals surface area contributed by atoms with Crippen LogP contribution in [0.3, 0.4) is 0 Å². The number of amides is 2. The number of allylic oxidation sites excluding steroid dienone is 1. The first-order chi connectivity index (χ1) is 19.9. The van der Waals surface area contributed by atoms with Gasteiger partial charge in [-0.05, 0) is 38.6 Å². The van der Waals surface area contributed by atoms with E-state index in [2.05, 4.69) is 39.4 Å². The summed E-state index contributed by atoms with van der Waals surface area (Å²) in [7, 11) is 0. The Morgan fingerprint density at radius 3 is 2.05 bits per heavy atom. The average Bonchev–Trinajstić information content (AvgIpc) is 3.46. The van der Waals surface area contributed by atoms with Crippen molar-refractivity contribution in [2.75, 3.05) is 13.1 Å². The smallest absolute Gasteiger partial charge is 0.326 e. The van der Waals surface area contributed by atoms with Crippen LogP contribution in [0.15, 0.2) is 24.8 Å². The van der Waals surface area contributed by atoms with Crippen molar-refractivity contribution in [2.45, 2.75) is 135 Å². The lowest BCUT2D eigenvalue weighted by Crippen LogP contribution is -2.53. The van der Waals surface area contributed by atoms with Gasteiger partial charge in [-0.1, -0.05) is 90.6 Å². The Labute approximate surface area is 247 Å². The van der Waals surface area contributed by atoms with Crippen LogP contribution in [-0.2, 0) is 20.8 Å². The minimum absolute atomic E-state index is 0.0110. The third kappa shape index (κ3) is 19.0. The van der Waals surface area contributed by atoms with E-state index in [0.717, 1.165) is 25.0 Å². The number of carbonyl (C=O) groups is 3. The highest BCUT2D eigenvalue weighted by Gasteiger charge is 2.27. The van der Waals surface area contributed by atoms with Crippen molar-refractivity contribution in [2.24, 2.45) is 5.73 Å². The molecule has 0 saturated heterocycles. The Balaban J connectivity index is 2.31. The molecule has 0 fully saturated rings. The van der Waals surface area contributed by atoms with E-state index in [4.69, 9.17) is 5.73 Å². The molecule has 1 rings (SSSR count). The number of carboxylic acids is 1. The number of aromatic nitrogens is 2. The molecule has 2 amide bonds. The number of carboxylic acid groups (broad SMARTS) is 1. The lowest BCUT2D eigenvalue weighted by Gasteiger charge is -2.21. The first kappa shape index (κ1) is 36.1. The van der Waals surface area contributed by atoms with Crippen molar-refractivity contribution in [1.29, 1.82) is 0 Å². The SMILES string of the molecule is C=C(CCCCCCCCCCCCCCC)NCC(=O)N[C@@H](Cc1cnc[nH]1)C(=O)N[C@@H](CCCCN)C(=O)O. The first-order valence-corrected chi connectivity index (χ1v) is 15.8. The first-order valence-electron chi connectivity index (χ1n) is 15.8. The van der Waals surface area contributed by atoms with Gasteiger partial charge in [0.25, 0.3) is 0 Å². The maximum Gasteiger partial charge on any atom is 0.326 e. The standard InChI is InChI=1S/C31H56N6O4/c1-3-4-5-6-7-8-9-10-11-12-13-14-15-18-25(2)34-23-29(38)36-28(21-26-22-33-24-35-26)30(39)37-27(31(40)41)19-16-17-20-32/h22,24,27-28,34H,2-21,23,32H2,1H3,(H,33,35)(H,36,38)(H,37,39)(H,40,41)/t27-,28-/m0/s1. The van der Waals surface area contributed by atoms with Crippen LogP contribution in [0.1, 0.15) is 122 Å². The molecule has 2 atom stereocenters. The molecule has 1 aromatic rings. The van der Waals surface area contributed by atoms with E-state index in [1.807, 2.05) is 0 Å². The van der Waals surface area contributed by atoms with E-state index in [0.29, 0.717) is 25.1 Å². The van der Waals surface area contributed by atoms with E-state index in [-0.39, 0.29) is 25.3 Å². The Hall–Kier alpha value is -2.88. The number of imidazole rings is 1. The molecular weight excluding hydrogens is 520 g/mol. The van der Waals surface area contributed by atoms with E-state index >= 15 is 0 Å². The number of rotatable bonds is 27. The maximum atomic E-state index is 13.0. The number of nitrogens with zero attached hydrogens (tertiary/aromatic N) is 1. The largest absolute Gasteiger partial charge is 0.480 e. The van der Waals surface area contributed by atoms with E-state index < -0.39 is 24.0 Å². The third-order valence-corrected chi connectivity index (χ3v) is 7.27. The number of nitrogens with two attached hydrogens (primary N) is 1. The number of hydrogen-bond acceptors (Lipinski definition) is 6. The lowest BCUT2D eigenvalue weighted by molar-refractivity contribution is -0.142. The normalized spacial score (nSPS) is 12.4. The van der Waals surface area contributed by atoms with E-state index in [1.165, 1.54) is 77.0 Å². The molecule has 0 aliphatic heterocycles. The van der Waals surface area contributed by atoms with Gasteiger partial charge < -0.3 is 31.8 Å². The number of carbonyl (C=O) groups excluding carboxylic acids is 2. The van der Waals surface area contributed by atoms with Gasteiger partial charge in [0.2, 0.25) is 11.8 Å². The molecule has 1 aromatic heterocycles. The summed E-state index contributed by atoms with van der Waals surface area (Å²) >= 11 is 0. The van der Waals surface area contributed by atoms with Crippen molar-refractivity contribution < 1.29 is 19.5 Å². The molecule has 0 aliphatic rings. The van der Waals surface area contributed by atoms with Crippen molar-refractivity contribution >= 4 is 17.8 Å². The average molecular weight is 577 g/mol. The fourth-order valence-electron chi connectivity index (χ4n) is 4.74. The summed E-state index contributed by atoms with van der Waals surface area (Å²) in [6.45, 7) is 6.73. The highest BCUT2D eigenvalue weighted by Crippen LogP contribution is 2.13. The summed E-state index contributed by atoms with van der Waals surface area (Å²) < 4.78 is 0.